The molecule has 1 rings (SSSR count). The lowest BCUT2D eigenvalue weighted by atomic mass is 10.2. The molecule has 0 fully saturated rings. The first-order chi connectivity index (χ1) is 9.31. The molecule has 1 aromatic rings. The summed E-state index contributed by atoms with van der Waals surface area (Å²) >= 11 is 0. The predicted octanol–water partition coefficient (Wildman–Crippen LogP) is 0.466. The van der Waals surface area contributed by atoms with Crippen molar-refractivity contribution in [1.29, 1.82) is 0 Å². The van der Waals surface area contributed by atoms with Crippen LogP contribution in [0.1, 0.15) is 6.42 Å². The highest BCUT2D eigenvalue weighted by atomic mass is 16.4. The number of rotatable bonds is 5. The third-order valence-electron chi connectivity index (χ3n) is 2.52. The van der Waals surface area contributed by atoms with Crippen LogP contribution in [0.2, 0.25) is 0 Å². The van der Waals surface area contributed by atoms with E-state index in [9.17, 15) is 14.4 Å². The van der Waals surface area contributed by atoms with Crippen LogP contribution < -0.4 is 10.2 Å². The zero-order chi connectivity index (χ0) is 15.3. The summed E-state index contributed by atoms with van der Waals surface area (Å²) in [5.74, 6) is -2.73. The number of carboxylic acid groups (broad SMARTS) is 2. The minimum absolute atomic E-state index is 0.0249. The number of carbonyl (C=O) groups excluding carboxylic acids is 1. The molecule has 8 heteroatoms. The molecule has 0 aliphatic heterocycles. The Morgan fingerprint density at radius 3 is 2.20 bits per heavy atom. The molecule has 20 heavy (non-hydrogen) atoms. The van der Waals surface area contributed by atoms with E-state index in [1.807, 2.05) is 0 Å². The Hall–Kier alpha value is -2.77. The predicted molar refractivity (Wildman–Crippen MR) is 68.7 cm³/mol. The van der Waals surface area contributed by atoms with Crippen LogP contribution in [0.15, 0.2) is 24.3 Å². The summed E-state index contributed by atoms with van der Waals surface area (Å²) in [6.45, 7) is 0. The van der Waals surface area contributed by atoms with Crippen molar-refractivity contribution in [1.82, 2.24) is 5.32 Å². The minimum atomic E-state index is -1.51. The second-order valence-electron chi connectivity index (χ2n) is 4.01. The molecule has 0 saturated carbocycles. The van der Waals surface area contributed by atoms with E-state index in [0.717, 1.165) is 4.90 Å². The van der Waals surface area contributed by atoms with Crippen molar-refractivity contribution >= 4 is 23.7 Å². The van der Waals surface area contributed by atoms with Gasteiger partial charge in [0.25, 0.3) is 0 Å². The second kappa shape index (κ2) is 6.41. The highest BCUT2D eigenvalue weighted by molar-refractivity contribution is 5.94. The quantitative estimate of drug-likeness (QED) is 0.621. The van der Waals surface area contributed by atoms with Crippen molar-refractivity contribution in [3.8, 4) is 5.75 Å². The van der Waals surface area contributed by atoms with Gasteiger partial charge in [-0.05, 0) is 24.3 Å². The fourth-order valence-electron chi connectivity index (χ4n) is 1.41. The summed E-state index contributed by atoms with van der Waals surface area (Å²) in [7, 11) is 1.39. The van der Waals surface area contributed by atoms with Gasteiger partial charge in [-0.1, -0.05) is 0 Å². The number of urea groups is 1. The molecule has 1 unspecified atom stereocenters. The van der Waals surface area contributed by atoms with Gasteiger partial charge in [0.05, 0.1) is 6.42 Å². The van der Waals surface area contributed by atoms with Crippen LogP contribution in [0, 0.1) is 0 Å². The number of carbonyl (C=O) groups is 3. The average Bonchev–Trinajstić information content (AvgIpc) is 2.37. The first kappa shape index (κ1) is 15.3. The monoisotopic (exact) mass is 282 g/mol. The molecular formula is C12H14N2O6. The lowest BCUT2D eigenvalue weighted by Gasteiger charge is -2.20. The topological polar surface area (TPSA) is 127 Å². The molecule has 0 aliphatic carbocycles. The number of aliphatic carboxylic acids is 2. The van der Waals surface area contributed by atoms with Crippen LogP contribution >= 0.6 is 0 Å². The summed E-state index contributed by atoms with van der Waals surface area (Å²) in [6.07, 6.45) is -0.718. The normalized spacial score (nSPS) is 11.4. The number of phenols is 1. The Morgan fingerprint density at radius 1 is 1.20 bits per heavy atom. The number of benzene rings is 1. The molecule has 1 atom stereocenters. The lowest BCUT2D eigenvalue weighted by molar-refractivity contribution is -0.145. The molecule has 0 radical (unpaired) electrons. The molecule has 1 aromatic carbocycles. The van der Waals surface area contributed by atoms with E-state index in [2.05, 4.69) is 5.32 Å². The minimum Gasteiger partial charge on any atom is -0.508 e. The van der Waals surface area contributed by atoms with Gasteiger partial charge in [-0.2, -0.15) is 0 Å². The molecule has 0 heterocycles. The van der Waals surface area contributed by atoms with Crippen LogP contribution in [0.3, 0.4) is 0 Å². The SMILES string of the molecule is CN(C(=O)NC(CC(=O)O)C(=O)O)c1ccc(O)cc1. The average molecular weight is 282 g/mol. The number of aromatic hydroxyl groups is 1. The summed E-state index contributed by atoms with van der Waals surface area (Å²) in [5, 5.41) is 28.6. The molecule has 0 aromatic heterocycles. The van der Waals surface area contributed by atoms with E-state index in [1.54, 1.807) is 0 Å². The Kier molecular flexibility index (Phi) is 4.90. The highest BCUT2D eigenvalue weighted by Gasteiger charge is 2.24. The smallest absolute Gasteiger partial charge is 0.326 e. The van der Waals surface area contributed by atoms with Gasteiger partial charge in [-0.25, -0.2) is 9.59 Å². The first-order valence-electron chi connectivity index (χ1n) is 5.59. The molecule has 2 amide bonds. The van der Waals surface area contributed by atoms with Crippen LogP contribution in [0.4, 0.5) is 10.5 Å². The fourth-order valence-corrected chi connectivity index (χ4v) is 1.41. The van der Waals surface area contributed by atoms with Gasteiger partial charge in [0.15, 0.2) is 0 Å². The summed E-state index contributed by atoms with van der Waals surface area (Å²) in [4.78, 5) is 34.3. The van der Waals surface area contributed by atoms with E-state index >= 15 is 0 Å². The Labute approximate surface area is 114 Å². The Bertz CT molecular complexity index is 513. The van der Waals surface area contributed by atoms with E-state index in [0.29, 0.717) is 5.69 Å². The molecule has 0 bridgehead atoms. The molecule has 0 aliphatic rings. The highest BCUT2D eigenvalue weighted by Crippen LogP contribution is 2.17. The second-order valence-corrected chi connectivity index (χ2v) is 4.01. The third-order valence-corrected chi connectivity index (χ3v) is 2.52. The lowest BCUT2D eigenvalue weighted by Crippen LogP contribution is -2.47. The van der Waals surface area contributed by atoms with Crippen molar-refractivity contribution in [2.45, 2.75) is 12.5 Å². The molecule has 8 nitrogen and oxygen atoms in total. The number of anilines is 1. The maximum Gasteiger partial charge on any atom is 0.326 e. The number of hydrogen-bond donors (Lipinski definition) is 4. The van der Waals surface area contributed by atoms with Gasteiger partial charge >= 0.3 is 18.0 Å². The van der Waals surface area contributed by atoms with Gasteiger partial charge < -0.3 is 20.6 Å². The van der Waals surface area contributed by atoms with Crippen molar-refractivity contribution in [2.24, 2.45) is 0 Å². The number of carboxylic acids is 2. The van der Waals surface area contributed by atoms with E-state index in [-0.39, 0.29) is 5.75 Å². The van der Waals surface area contributed by atoms with Crippen molar-refractivity contribution in [3.05, 3.63) is 24.3 Å². The molecule has 4 N–H and O–H groups in total. The van der Waals surface area contributed by atoms with Gasteiger partial charge in [-0.15, -0.1) is 0 Å². The Balaban J connectivity index is 2.75. The van der Waals surface area contributed by atoms with Crippen molar-refractivity contribution < 1.29 is 29.7 Å². The molecule has 108 valence electrons. The van der Waals surface area contributed by atoms with Gasteiger partial charge in [0, 0.05) is 12.7 Å². The van der Waals surface area contributed by atoms with Crippen LogP contribution in [-0.4, -0.2) is 46.4 Å². The number of nitrogens with zero attached hydrogens (tertiary/aromatic N) is 1. The maximum absolute atomic E-state index is 11.8. The van der Waals surface area contributed by atoms with Gasteiger partial charge in [-0.3, -0.25) is 9.69 Å². The number of hydrogen-bond acceptors (Lipinski definition) is 4. The molecular weight excluding hydrogens is 268 g/mol. The Morgan fingerprint density at radius 2 is 1.75 bits per heavy atom. The van der Waals surface area contributed by atoms with Crippen LogP contribution in [0.25, 0.3) is 0 Å². The number of nitrogens with one attached hydrogen (secondary N) is 1. The zero-order valence-corrected chi connectivity index (χ0v) is 10.6. The van der Waals surface area contributed by atoms with Crippen molar-refractivity contribution in [3.63, 3.8) is 0 Å². The first-order valence-corrected chi connectivity index (χ1v) is 5.59. The zero-order valence-electron chi connectivity index (χ0n) is 10.6. The van der Waals surface area contributed by atoms with Crippen LogP contribution in [0.5, 0.6) is 5.75 Å². The number of phenolic OH excluding ortho intramolecular Hbond substituents is 1. The maximum atomic E-state index is 11.8. The molecule has 0 spiro atoms. The van der Waals surface area contributed by atoms with Gasteiger partial charge in [0.2, 0.25) is 0 Å². The third kappa shape index (κ3) is 4.16. The summed E-state index contributed by atoms with van der Waals surface area (Å²) in [6, 6.07) is 3.38. The van der Waals surface area contributed by atoms with E-state index in [1.165, 1.54) is 31.3 Å². The summed E-state index contributed by atoms with van der Waals surface area (Å²) in [5.41, 5.74) is 0.416. The van der Waals surface area contributed by atoms with Crippen LogP contribution in [-0.2, 0) is 9.59 Å². The number of amides is 2. The van der Waals surface area contributed by atoms with E-state index in [4.69, 9.17) is 15.3 Å². The standard InChI is InChI=1S/C12H14N2O6/c1-14(7-2-4-8(15)5-3-7)12(20)13-9(11(18)19)6-10(16)17/h2-5,9,15H,6H2,1H3,(H,13,20)(H,16,17)(H,18,19). The van der Waals surface area contributed by atoms with Gasteiger partial charge in [0.1, 0.15) is 11.8 Å². The summed E-state index contributed by atoms with van der Waals surface area (Å²) < 4.78 is 0. The van der Waals surface area contributed by atoms with Crippen molar-refractivity contribution in [2.75, 3.05) is 11.9 Å². The fraction of sp³-hybridized carbons (Fsp3) is 0.250. The molecule has 0 saturated heterocycles. The largest absolute Gasteiger partial charge is 0.508 e. The van der Waals surface area contributed by atoms with E-state index < -0.39 is 30.4 Å².